The van der Waals surface area contributed by atoms with E-state index in [1.165, 1.54) is 24.3 Å². The Balaban J connectivity index is 2.39. The van der Waals surface area contributed by atoms with Crippen LogP contribution in [-0.2, 0) is 6.18 Å². The van der Waals surface area contributed by atoms with E-state index in [-0.39, 0.29) is 11.5 Å². The fraction of sp³-hybridized carbons (Fsp3) is 0.0769. The molecule has 0 bridgehead atoms. The maximum atomic E-state index is 12.6. The van der Waals surface area contributed by atoms with Crippen LogP contribution in [0.2, 0.25) is 0 Å². The molecule has 0 saturated heterocycles. The van der Waals surface area contributed by atoms with Crippen molar-refractivity contribution in [3.05, 3.63) is 58.1 Å². The number of nitro groups is 1. The van der Waals surface area contributed by atoms with Gasteiger partial charge in [-0.15, -0.1) is 0 Å². The number of anilines is 1. The van der Waals surface area contributed by atoms with Gasteiger partial charge in [-0.3, -0.25) is 10.1 Å². The second-order valence-electron chi connectivity index (χ2n) is 4.11. The average molecular weight is 298 g/mol. The smallest absolute Gasteiger partial charge is 0.416 e. The largest absolute Gasteiger partial charge is 0.450 e. The Labute approximate surface area is 116 Å². The minimum Gasteiger partial charge on any atom is -0.450 e. The van der Waals surface area contributed by atoms with E-state index in [0.717, 1.165) is 12.1 Å². The number of nitrogens with zero attached hydrogens (tertiary/aromatic N) is 1. The third-order valence-corrected chi connectivity index (χ3v) is 2.59. The van der Waals surface area contributed by atoms with Crippen LogP contribution in [0.5, 0.6) is 11.5 Å². The van der Waals surface area contributed by atoms with Gasteiger partial charge in [-0.1, -0.05) is 0 Å². The number of rotatable bonds is 3. The molecule has 0 aromatic heterocycles. The lowest BCUT2D eigenvalue weighted by molar-refractivity contribution is -0.385. The lowest BCUT2D eigenvalue weighted by atomic mass is 10.2. The predicted molar refractivity (Wildman–Crippen MR) is 69.0 cm³/mol. The molecule has 0 atom stereocenters. The number of nitrogens with two attached hydrogens (primary N) is 1. The molecule has 2 rings (SSSR count). The first-order chi connectivity index (χ1) is 9.77. The number of ether oxygens (including phenoxy) is 1. The summed E-state index contributed by atoms with van der Waals surface area (Å²) in [5.74, 6) is -0.0511. The number of halogens is 3. The molecule has 0 aliphatic rings. The molecule has 2 aromatic carbocycles. The maximum absolute atomic E-state index is 12.6. The number of nitro benzene ring substituents is 1. The lowest BCUT2D eigenvalue weighted by Gasteiger charge is -2.10. The van der Waals surface area contributed by atoms with Gasteiger partial charge >= 0.3 is 11.9 Å². The first-order valence-corrected chi connectivity index (χ1v) is 5.66. The van der Waals surface area contributed by atoms with Crippen molar-refractivity contribution < 1.29 is 22.8 Å². The van der Waals surface area contributed by atoms with Crippen molar-refractivity contribution in [2.24, 2.45) is 0 Å². The Morgan fingerprint density at radius 3 is 2.24 bits per heavy atom. The van der Waals surface area contributed by atoms with E-state index in [2.05, 4.69) is 0 Å². The highest BCUT2D eigenvalue weighted by Crippen LogP contribution is 2.37. The van der Waals surface area contributed by atoms with E-state index >= 15 is 0 Å². The Morgan fingerprint density at radius 1 is 1.10 bits per heavy atom. The molecule has 8 heteroatoms. The molecule has 21 heavy (non-hydrogen) atoms. The zero-order valence-corrected chi connectivity index (χ0v) is 10.4. The van der Waals surface area contributed by atoms with Crippen LogP contribution in [0.4, 0.5) is 24.5 Å². The maximum Gasteiger partial charge on any atom is 0.416 e. The fourth-order valence-corrected chi connectivity index (χ4v) is 1.59. The minimum atomic E-state index is -4.66. The minimum absolute atomic E-state index is 0.229. The van der Waals surface area contributed by atoms with Gasteiger partial charge in [0.2, 0.25) is 5.75 Å². The third kappa shape index (κ3) is 3.41. The second kappa shape index (κ2) is 5.31. The monoisotopic (exact) mass is 298 g/mol. The lowest BCUT2D eigenvalue weighted by Crippen LogP contribution is -2.06. The average Bonchev–Trinajstić information content (AvgIpc) is 2.40. The Morgan fingerprint density at radius 2 is 1.71 bits per heavy atom. The van der Waals surface area contributed by atoms with Crippen molar-refractivity contribution in [3.63, 3.8) is 0 Å². The SMILES string of the molecule is Nc1ccc(Oc2ccc(C(F)(F)F)cc2[N+](=O)[O-])cc1. The second-order valence-corrected chi connectivity index (χ2v) is 4.11. The van der Waals surface area contributed by atoms with E-state index < -0.39 is 22.4 Å². The van der Waals surface area contributed by atoms with Crippen LogP contribution in [0.1, 0.15) is 5.56 Å². The van der Waals surface area contributed by atoms with Crippen LogP contribution < -0.4 is 10.5 Å². The van der Waals surface area contributed by atoms with Crippen molar-refractivity contribution in [2.45, 2.75) is 6.18 Å². The highest BCUT2D eigenvalue weighted by atomic mass is 19.4. The van der Waals surface area contributed by atoms with Gasteiger partial charge in [-0.2, -0.15) is 13.2 Å². The first-order valence-electron chi connectivity index (χ1n) is 5.66. The van der Waals surface area contributed by atoms with Crippen LogP contribution in [-0.4, -0.2) is 4.92 Å². The van der Waals surface area contributed by atoms with Crippen LogP contribution in [0, 0.1) is 10.1 Å². The molecule has 0 unspecified atom stereocenters. The highest BCUT2D eigenvalue weighted by Gasteiger charge is 2.33. The van der Waals surface area contributed by atoms with Crippen molar-refractivity contribution in [2.75, 3.05) is 5.73 Å². The molecule has 0 spiro atoms. The molecule has 0 heterocycles. The first kappa shape index (κ1) is 14.6. The van der Waals surface area contributed by atoms with E-state index in [1.54, 1.807) is 0 Å². The number of hydrogen-bond acceptors (Lipinski definition) is 4. The molecule has 0 radical (unpaired) electrons. The van der Waals surface area contributed by atoms with Gasteiger partial charge < -0.3 is 10.5 Å². The summed E-state index contributed by atoms with van der Waals surface area (Å²) < 4.78 is 42.9. The fourth-order valence-electron chi connectivity index (χ4n) is 1.59. The Kier molecular flexibility index (Phi) is 3.70. The Hall–Kier alpha value is -2.77. The summed E-state index contributed by atoms with van der Waals surface area (Å²) in [6.07, 6.45) is -4.66. The molecule has 5 nitrogen and oxygen atoms in total. The number of alkyl halides is 3. The standard InChI is InChI=1S/C13H9F3N2O3/c14-13(15,16)8-1-6-12(11(7-8)18(19)20)21-10-4-2-9(17)3-5-10/h1-7H,17H2. The molecule has 0 saturated carbocycles. The molecule has 2 N–H and O–H groups in total. The predicted octanol–water partition coefficient (Wildman–Crippen LogP) is 3.99. The van der Waals surface area contributed by atoms with Crippen LogP contribution in [0.3, 0.4) is 0 Å². The summed E-state index contributed by atoms with van der Waals surface area (Å²) in [6.45, 7) is 0. The Bertz CT molecular complexity index is 669. The van der Waals surface area contributed by atoms with Gasteiger partial charge in [0.05, 0.1) is 10.5 Å². The van der Waals surface area contributed by atoms with Gasteiger partial charge in [0.15, 0.2) is 0 Å². The van der Waals surface area contributed by atoms with Gasteiger partial charge in [0.1, 0.15) is 5.75 Å². The molecular formula is C13H9F3N2O3. The molecule has 0 amide bonds. The quantitative estimate of drug-likeness (QED) is 0.528. The van der Waals surface area contributed by atoms with E-state index in [0.29, 0.717) is 11.8 Å². The summed E-state index contributed by atoms with van der Waals surface area (Å²) in [5, 5.41) is 10.9. The van der Waals surface area contributed by atoms with Crippen molar-refractivity contribution in [3.8, 4) is 11.5 Å². The van der Waals surface area contributed by atoms with E-state index in [9.17, 15) is 23.3 Å². The number of hydrogen-bond donors (Lipinski definition) is 1. The summed E-state index contributed by atoms with van der Waals surface area (Å²) in [5.41, 5.74) is 4.06. The zero-order valence-electron chi connectivity index (χ0n) is 10.4. The zero-order chi connectivity index (χ0) is 15.6. The van der Waals surface area contributed by atoms with E-state index in [4.69, 9.17) is 10.5 Å². The van der Waals surface area contributed by atoms with Crippen LogP contribution in [0.15, 0.2) is 42.5 Å². The molecule has 0 fully saturated rings. The van der Waals surface area contributed by atoms with Gasteiger partial charge in [-0.05, 0) is 36.4 Å². The molecule has 110 valence electrons. The van der Waals surface area contributed by atoms with Crippen molar-refractivity contribution in [1.29, 1.82) is 0 Å². The van der Waals surface area contributed by atoms with Crippen molar-refractivity contribution in [1.82, 2.24) is 0 Å². The molecule has 0 aliphatic carbocycles. The summed E-state index contributed by atoms with van der Waals surface area (Å²) in [7, 11) is 0. The van der Waals surface area contributed by atoms with Crippen molar-refractivity contribution >= 4 is 11.4 Å². The van der Waals surface area contributed by atoms with Crippen LogP contribution in [0.25, 0.3) is 0 Å². The highest BCUT2D eigenvalue weighted by molar-refractivity contribution is 5.52. The third-order valence-electron chi connectivity index (χ3n) is 2.59. The van der Waals surface area contributed by atoms with Gasteiger partial charge in [0.25, 0.3) is 0 Å². The summed E-state index contributed by atoms with van der Waals surface area (Å²) >= 11 is 0. The molecular weight excluding hydrogens is 289 g/mol. The van der Waals surface area contributed by atoms with Crippen LogP contribution >= 0.6 is 0 Å². The topological polar surface area (TPSA) is 78.4 Å². The number of nitrogen functional groups attached to an aromatic ring is 1. The molecule has 0 aliphatic heterocycles. The summed E-state index contributed by atoms with van der Waals surface area (Å²) in [4.78, 5) is 9.95. The number of benzene rings is 2. The van der Waals surface area contributed by atoms with E-state index in [1.807, 2.05) is 0 Å². The molecule has 2 aromatic rings. The summed E-state index contributed by atoms with van der Waals surface area (Å²) in [6, 6.07) is 7.99. The van der Waals surface area contributed by atoms with Gasteiger partial charge in [-0.25, -0.2) is 0 Å². The van der Waals surface area contributed by atoms with Gasteiger partial charge in [0, 0.05) is 11.8 Å². The normalized spacial score (nSPS) is 11.2.